The zero-order valence-corrected chi connectivity index (χ0v) is 11.5. The first-order valence-corrected chi connectivity index (χ1v) is 6.40. The molecule has 0 atom stereocenters. The molecule has 1 heterocycles. The molecule has 0 saturated heterocycles. The molecule has 1 aromatic rings. The standard InChI is InChI=1S/C14H15NO6/c1-19-8-9-20-7-6-12(16)21-15-13(17)10-4-2-3-5-11(10)14(15)18/h2-5H,6-9H2,1H3. The van der Waals surface area contributed by atoms with E-state index >= 15 is 0 Å². The Labute approximate surface area is 121 Å². The number of ether oxygens (including phenoxy) is 2. The van der Waals surface area contributed by atoms with Gasteiger partial charge in [0.25, 0.3) is 11.8 Å². The highest BCUT2D eigenvalue weighted by Gasteiger charge is 2.38. The van der Waals surface area contributed by atoms with Crippen LogP contribution in [0.3, 0.4) is 0 Å². The third-order valence-corrected chi connectivity index (χ3v) is 2.83. The molecule has 2 amide bonds. The summed E-state index contributed by atoms with van der Waals surface area (Å²) in [4.78, 5) is 40.3. The second-order valence-corrected chi connectivity index (χ2v) is 4.27. The molecule has 0 unspecified atom stereocenters. The van der Waals surface area contributed by atoms with Crippen LogP contribution in [0, 0.1) is 0 Å². The number of imide groups is 1. The van der Waals surface area contributed by atoms with Crippen LogP contribution in [0.1, 0.15) is 27.1 Å². The Morgan fingerprint density at radius 1 is 1.05 bits per heavy atom. The summed E-state index contributed by atoms with van der Waals surface area (Å²) in [5, 5.41) is 0.488. The van der Waals surface area contributed by atoms with Gasteiger partial charge >= 0.3 is 5.97 Å². The Balaban J connectivity index is 1.86. The lowest BCUT2D eigenvalue weighted by atomic mass is 10.1. The summed E-state index contributed by atoms with van der Waals surface area (Å²) in [5.41, 5.74) is 0.457. The molecular formula is C14H15NO6. The van der Waals surface area contributed by atoms with Gasteiger partial charge in [0.05, 0.1) is 37.4 Å². The monoisotopic (exact) mass is 293 g/mol. The number of amides is 2. The van der Waals surface area contributed by atoms with Crippen LogP contribution in [0.15, 0.2) is 24.3 Å². The maximum atomic E-state index is 11.9. The molecule has 0 aliphatic carbocycles. The third kappa shape index (κ3) is 3.45. The second-order valence-electron chi connectivity index (χ2n) is 4.27. The molecule has 21 heavy (non-hydrogen) atoms. The van der Waals surface area contributed by atoms with Crippen LogP contribution < -0.4 is 0 Å². The van der Waals surface area contributed by atoms with E-state index in [1.807, 2.05) is 0 Å². The van der Waals surface area contributed by atoms with Gasteiger partial charge in [0.1, 0.15) is 0 Å². The minimum atomic E-state index is -0.707. The van der Waals surface area contributed by atoms with Gasteiger partial charge in [-0.05, 0) is 12.1 Å². The molecule has 0 spiro atoms. The van der Waals surface area contributed by atoms with Crippen molar-refractivity contribution < 1.29 is 28.7 Å². The van der Waals surface area contributed by atoms with E-state index in [4.69, 9.17) is 14.3 Å². The number of hydrogen-bond acceptors (Lipinski definition) is 6. The van der Waals surface area contributed by atoms with Gasteiger partial charge in [-0.15, -0.1) is 0 Å². The van der Waals surface area contributed by atoms with Crippen molar-refractivity contribution in [3.05, 3.63) is 35.4 Å². The van der Waals surface area contributed by atoms with Gasteiger partial charge in [0.15, 0.2) is 0 Å². The van der Waals surface area contributed by atoms with Crippen LogP contribution in [0.25, 0.3) is 0 Å². The molecule has 1 aliphatic heterocycles. The molecule has 1 aromatic carbocycles. The summed E-state index contributed by atoms with van der Waals surface area (Å²) < 4.78 is 9.89. The van der Waals surface area contributed by atoms with Crippen molar-refractivity contribution in [3.63, 3.8) is 0 Å². The van der Waals surface area contributed by atoms with Crippen molar-refractivity contribution in [1.82, 2.24) is 5.06 Å². The van der Waals surface area contributed by atoms with E-state index in [0.717, 1.165) is 0 Å². The number of benzene rings is 1. The summed E-state index contributed by atoms with van der Waals surface area (Å²) in [6.07, 6.45) is -0.0584. The lowest BCUT2D eigenvalue weighted by molar-refractivity contribution is -0.169. The Bertz CT molecular complexity index is 521. The number of hydrogen-bond donors (Lipinski definition) is 0. The first kappa shape index (κ1) is 15.1. The highest BCUT2D eigenvalue weighted by molar-refractivity contribution is 6.20. The van der Waals surface area contributed by atoms with E-state index in [9.17, 15) is 14.4 Å². The first-order chi connectivity index (χ1) is 10.1. The predicted octanol–water partition coefficient (Wildman–Crippen LogP) is 0.794. The zero-order valence-electron chi connectivity index (χ0n) is 11.5. The Morgan fingerprint density at radius 3 is 2.24 bits per heavy atom. The topological polar surface area (TPSA) is 82.1 Å². The molecule has 0 saturated carbocycles. The quantitative estimate of drug-likeness (QED) is 0.546. The van der Waals surface area contributed by atoms with Crippen LogP contribution in [-0.2, 0) is 19.1 Å². The van der Waals surface area contributed by atoms with Gasteiger partial charge in [-0.3, -0.25) is 9.59 Å². The van der Waals surface area contributed by atoms with Gasteiger partial charge in [-0.1, -0.05) is 17.2 Å². The lowest BCUT2D eigenvalue weighted by Crippen LogP contribution is -2.33. The minimum Gasteiger partial charge on any atom is -0.382 e. The molecule has 7 heteroatoms. The van der Waals surface area contributed by atoms with Crippen LogP contribution in [0.5, 0.6) is 0 Å². The summed E-state index contributed by atoms with van der Waals surface area (Å²) in [6, 6.07) is 6.30. The Morgan fingerprint density at radius 2 is 1.67 bits per heavy atom. The summed E-state index contributed by atoms with van der Waals surface area (Å²) in [6.45, 7) is 0.912. The Hall–Kier alpha value is -2.25. The smallest absolute Gasteiger partial charge is 0.335 e. The first-order valence-electron chi connectivity index (χ1n) is 6.40. The summed E-state index contributed by atoms with van der Waals surface area (Å²) in [5.74, 6) is -1.98. The highest BCUT2D eigenvalue weighted by atomic mass is 16.7. The third-order valence-electron chi connectivity index (χ3n) is 2.83. The van der Waals surface area contributed by atoms with Gasteiger partial charge in [-0.2, -0.15) is 0 Å². The zero-order chi connectivity index (χ0) is 15.2. The van der Waals surface area contributed by atoms with Gasteiger partial charge < -0.3 is 14.3 Å². The Kier molecular flexibility index (Phi) is 5.02. The summed E-state index contributed by atoms with van der Waals surface area (Å²) in [7, 11) is 1.54. The molecule has 0 N–H and O–H groups in total. The average molecular weight is 293 g/mol. The van der Waals surface area contributed by atoms with Gasteiger partial charge in [0, 0.05) is 7.11 Å². The fourth-order valence-corrected chi connectivity index (χ4v) is 1.80. The van der Waals surface area contributed by atoms with Crippen molar-refractivity contribution in [2.45, 2.75) is 6.42 Å². The SMILES string of the molecule is COCCOCCC(=O)ON1C(=O)c2ccccc2C1=O. The number of methoxy groups -OCH3 is 1. The maximum absolute atomic E-state index is 11.9. The van der Waals surface area contributed by atoms with Crippen molar-refractivity contribution >= 4 is 17.8 Å². The fourth-order valence-electron chi connectivity index (χ4n) is 1.80. The number of rotatable bonds is 7. The van der Waals surface area contributed by atoms with E-state index in [1.54, 1.807) is 19.2 Å². The van der Waals surface area contributed by atoms with Crippen molar-refractivity contribution in [2.24, 2.45) is 0 Å². The van der Waals surface area contributed by atoms with Crippen LogP contribution >= 0.6 is 0 Å². The van der Waals surface area contributed by atoms with Crippen LogP contribution in [-0.4, -0.2) is 49.8 Å². The molecule has 0 bridgehead atoms. The number of carbonyl (C=O) groups excluding carboxylic acids is 3. The molecular weight excluding hydrogens is 278 g/mol. The number of hydroxylamine groups is 2. The van der Waals surface area contributed by atoms with E-state index < -0.39 is 17.8 Å². The number of fused-ring (bicyclic) bond motifs is 1. The van der Waals surface area contributed by atoms with Crippen LogP contribution in [0.4, 0.5) is 0 Å². The van der Waals surface area contributed by atoms with Crippen molar-refractivity contribution in [3.8, 4) is 0 Å². The molecule has 2 rings (SSSR count). The molecule has 0 radical (unpaired) electrons. The van der Waals surface area contributed by atoms with E-state index in [-0.39, 0.29) is 24.2 Å². The maximum Gasteiger partial charge on any atom is 0.335 e. The van der Waals surface area contributed by atoms with E-state index in [1.165, 1.54) is 12.1 Å². The molecule has 112 valence electrons. The van der Waals surface area contributed by atoms with E-state index in [2.05, 4.69) is 0 Å². The number of carbonyl (C=O) groups is 3. The molecule has 0 aromatic heterocycles. The van der Waals surface area contributed by atoms with E-state index in [0.29, 0.717) is 18.3 Å². The largest absolute Gasteiger partial charge is 0.382 e. The normalized spacial score (nSPS) is 13.5. The second kappa shape index (κ2) is 6.96. The highest BCUT2D eigenvalue weighted by Crippen LogP contribution is 2.22. The van der Waals surface area contributed by atoms with Crippen LogP contribution in [0.2, 0.25) is 0 Å². The summed E-state index contributed by atoms with van der Waals surface area (Å²) >= 11 is 0. The average Bonchev–Trinajstić information content (AvgIpc) is 2.73. The molecule has 1 aliphatic rings. The predicted molar refractivity (Wildman–Crippen MR) is 70.3 cm³/mol. The fraction of sp³-hybridized carbons (Fsp3) is 0.357. The van der Waals surface area contributed by atoms with Crippen molar-refractivity contribution in [2.75, 3.05) is 26.9 Å². The van der Waals surface area contributed by atoms with Gasteiger partial charge in [-0.25, -0.2) is 4.79 Å². The number of nitrogens with zero attached hydrogens (tertiary/aromatic N) is 1. The van der Waals surface area contributed by atoms with Gasteiger partial charge in [0.2, 0.25) is 0 Å². The van der Waals surface area contributed by atoms with Crippen molar-refractivity contribution in [1.29, 1.82) is 0 Å². The lowest BCUT2D eigenvalue weighted by Gasteiger charge is -2.12. The molecule has 7 nitrogen and oxygen atoms in total. The minimum absolute atomic E-state index is 0.0584. The molecule has 0 fully saturated rings.